The van der Waals surface area contributed by atoms with E-state index in [1.807, 2.05) is 0 Å². The second-order valence-electron chi connectivity index (χ2n) is 7.91. The molecule has 0 amide bonds. The number of hydrogen-bond donors (Lipinski definition) is 4. The summed E-state index contributed by atoms with van der Waals surface area (Å²) < 4.78 is 0. The zero-order valence-electron chi connectivity index (χ0n) is 22.2. The maximum absolute atomic E-state index is 11.1. The van der Waals surface area contributed by atoms with Crippen LogP contribution in [0.3, 0.4) is 0 Å². The molecular formula is C28H18Cl2N2Na2O8. The van der Waals surface area contributed by atoms with Gasteiger partial charge in [0.05, 0.1) is 34.4 Å². The molecule has 0 spiro atoms. The molecule has 0 unspecified atom stereocenters. The van der Waals surface area contributed by atoms with Gasteiger partial charge in [-0.25, -0.2) is 9.59 Å². The number of hydrogen-bond acceptors (Lipinski definition) is 8. The molecule has 4 N–H and O–H groups in total. The molecule has 10 nitrogen and oxygen atoms in total. The molecule has 0 fully saturated rings. The number of para-hydroxylation sites is 2. The van der Waals surface area contributed by atoms with Gasteiger partial charge in [-0.2, -0.15) is 0 Å². The van der Waals surface area contributed by atoms with Crippen molar-refractivity contribution >= 4 is 69.8 Å². The zero-order chi connectivity index (χ0) is 29.4. The van der Waals surface area contributed by atoms with E-state index in [9.17, 15) is 29.4 Å². The van der Waals surface area contributed by atoms with Crippen molar-refractivity contribution in [1.82, 2.24) is 0 Å². The zero-order valence-corrected chi connectivity index (χ0v) is 27.7. The van der Waals surface area contributed by atoms with Crippen LogP contribution >= 0.6 is 23.2 Å². The SMILES string of the molecule is O=C([O-])c1ccccc1Nc1cc(Cl)ccc1C(=O)O.O=C([O-])c1ccccc1Nc1cc(Cl)ccc1C(=O)O.[Na+].[Na+]. The van der Waals surface area contributed by atoms with Crippen LogP contribution in [-0.2, 0) is 0 Å². The molecule has 0 aromatic heterocycles. The van der Waals surface area contributed by atoms with Crippen LogP contribution in [0, 0.1) is 0 Å². The molecule has 0 heterocycles. The van der Waals surface area contributed by atoms with Gasteiger partial charge < -0.3 is 40.6 Å². The first kappa shape index (κ1) is 37.0. The summed E-state index contributed by atoms with van der Waals surface area (Å²) in [6, 6.07) is 20.5. The van der Waals surface area contributed by atoms with Crippen LogP contribution < -0.4 is 80.0 Å². The average Bonchev–Trinajstić information content (AvgIpc) is 2.89. The summed E-state index contributed by atoms with van der Waals surface area (Å²) in [5.41, 5.74) is 0.727. The monoisotopic (exact) mass is 626 g/mol. The van der Waals surface area contributed by atoms with Gasteiger partial charge >= 0.3 is 71.1 Å². The summed E-state index contributed by atoms with van der Waals surface area (Å²) in [4.78, 5) is 44.3. The van der Waals surface area contributed by atoms with Gasteiger partial charge in [-0.3, -0.25) is 0 Å². The fourth-order valence-corrected chi connectivity index (χ4v) is 3.79. The summed E-state index contributed by atoms with van der Waals surface area (Å²) >= 11 is 11.7. The Kier molecular flexibility index (Phi) is 15.1. The van der Waals surface area contributed by atoms with Crippen LogP contribution in [0.5, 0.6) is 0 Å². The van der Waals surface area contributed by atoms with Crippen molar-refractivity contribution in [2.24, 2.45) is 0 Å². The first-order chi connectivity index (χ1) is 19.0. The normalized spacial score (nSPS) is 9.57. The summed E-state index contributed by atoms with van der Waals surface area (Å²) in [6.45, 7) is 0. The Morgan fingerprint density at radius 3 is 1.17 bits per heavy atom. The molecule has 0 saturated carbocycles. The van der Waals surface area contributed by atoms with Crippen LogP contribution in [0.15, 0.2) is 84.9 Å². The van der Waals surface area contributed by atoms with Gasteiger partial charge in [-0.15, -0.1) is 0 Å². The van der Waals surface area contributed by atoms with E-state index in [1.165, 1.54) is 60.7 Å². The van der Waals surface area contributed by atoms with Crippen LogP contribution in [0.25, 0.3) is 0 Å². The molecule has 0 bridgehead atoms. The van der Waals surface area contributed by atoms with Crippen LogP contribution in [0.2, 0.25) is 10.0 Å². The Labute approximate surface area is 293 Å². The third-order valence-electron chi connectivity index (χ3n) is 5.26. The molecule has 0 radical (unpaired) electrons. The molecule has 4 aromatic carbocycles. The third-order valence-corrected chi connectivity index (χ3v) is 5.73. The molecule has 0 atom stereocenters. The number of carboxylic acids is 4. The molecule has 14 heteroatoms. The summed E-state index contributed by atoms with van der Waals surface area (Å²) in [7, 11) is 0. The van der Waals surface area contributed by atoms with E-state index in [-0.39, 0.29) is 104 Å². The second kappa shape index (κ2) is 17.2. The quantitative estimate of drug-likeness (QED) is 0.165. The van der Waals surface area contributed by atoms with Gasteiger partial charge in [0.1, 0.15) is 0 Å². The van der Waals surface area contributed by atoms with E-state index < -0.39 is 23.9 Å². The van der Waals surface area contributed by atoms with E-state index >= 15 is 0 Å². The molecule has 0 aliphatic heterocycles. The second-order valence-corrected chi connectivity index (χ2v) is 8.78. The van der Waals surface area contributed by atoms with Gasteiger partial charge in [0.25, 0.3) is 0 Å². The smallest absolute Gasteiger partial charge is 0.545 e. The minimum absolute atomic E-state index is 0. The molecular weight excluding hydrogens is 609 g/mol. The van der Waals surface area contributed by atoms with Gasteiger partial charge in [0.15, 0.2) is 0 Å². The van der Waals surface area contributed by atoms with Gasteiger partial charge in [-0.05, 0) is 48.5 Å². The van der Waals surface area contributed by atoms with E-state index in [2.05, 4.69) is 10.6 Å². The Bertz CT molecular complexity index is 1500. The number of carbonyl (C=O) groups excluding carboxylic acids is 2. The fourth-order valence-electron chi connectivity index (χ4n) is 3.44. The topological polar surface area (TPSA) is 179 Å². The molecule has 0 aliphatic rings. The van der Waals surface area contributed by atoms with E-state index in [1.54, 1.807) is 24.3 Å². The number of carbonyl (C=O) groups is 4. The predicted octanol–water partition coefficient (Wildman–Crippen LogP) is -1.70. The summed E-state index contributed by atoms with van der Waals surface area (Å²) in [6.07, 6.45) is 0. The number of carboxylic acid groups (broad SMARTS) is 4. The summed E-state index contributed by atoms with van der Waals surface area (Å²) in [5.74, 6) is -5.00. The first-order valence-corrected chi connectivity index (χ1v) is 11.9. The van der Waals surface area contributed by atoms with Crippen LogP contribution in [0.4, 0.5) is 22.7 Å². The Hall–Kier alpha value is -3.06. The number of anilines is 4. The van der Waals surface area contributed by atoms with Crippen molar-refractivity contribution in [1.29, 1.82) is 0 Å². The van der Waals surface area contributed by atoms with Crippen molar-refractivity contribution in [2.75, 3.05) is 10.6 Å². The standard InChI is InChI=1S/2C14H10ClNO4.2Na/c2*15-8-5-6-10(14(19)20)12(7-8)16-11-4-2-1-3-9(11)13(17)18;;/h2*1-7,16H,(H,17,18)(H,19,20);;/q;;2*+1/p-2. The molecule has 0 aliphatic carbocycles. The molecule has 4 rings (SSSR count). The Morgan fingerprint density at radius 2 is 0.857 bits per heavy atom. The van der Waals surface area contributed by atoms with Crippen molar-refractivity contribution < 1.29 is 98.7 Å². The number of halogens is 2. The molecule has 4 aromatic rings. The van der Waals surface area contributed by atoms with Crippen molar-refractivity contribution in [3.8, 4) is 0 Å². The summed E-state index contributed by atoms with van der Waals surface area (Å²) in [5, 5.41) is 46.4. The Balaban J connectivity index is 0.000000401. The van der Waals surface area contributed by atoms with Gasteiger partial charge in [0.2, 0.25) is 0 Å². The minimum Gasteiger partial charge on any atom is -0.545 e. The number of aromatic carboxylic acids is 4. The van der Waals surface area contributed by atoms with Crippen LogP contribution in [0.1, 0.15) is 41.4 Å². The van der Waals surface area contributed by atoms with Gasteiger partial charge in [0, 0.05) is 32.5 Å². The molecule has 42 heavy (non-hydrogen) atoms. The van der Waals surface area contributed by atoms with E-state index in [0.29, 0.717) is 10.0 Å². The number of benzene rings is 4. The minimum atomic E-state index is -1.35. The van der Waals surface area contributed by atoms with E-state index in [0.717, 1.165) is 0 Å². The third kappa shape index (κ3) is 10.0. The maximum Gasteiger partial charge on any atom is 1.00 e. The Morgan fingerprint density at radius 1 is 0.524 bits per heavy atom. The van der Waals surface area contributed by atoms with Crippen molar-refractivity contribution in [3.63, 3.8) is 0 Å². The van der Waals surface area contributed by atoms with Crippen molar-refractivity contribution in [2.45, 2.75) is 0 Å². The fraction of sp³-hybridized carbons (Fsp3) is 0. The number of nitrogens with one attached hydrogen (secondary N) is 2. The van der Waals surface area contributed by atoms with Crippen LogP contribution in [-0.4, -0.2) is 34.1 Å². The number of rotatable bonds is 8. The first-order valence-electron chi connectivity index (χ1n) is 11.2. The molecule has 0 saturated heterocycles. The average molecular weight is 627 g/mol. The van der Waals surface area contributed by atoms with E-state index in [4.69, 9.17) is 33.4 Å². The predicted molar refractivity (Wildman–Crippen MR) is 145 cm³/mol. The van der Waals surface area contributed by atoms with Crippen molar-refractivity contribution in [3.05, 3.63) is 117 Å². The molecule has 204 valence electrons. The van der Waals surface area contributed by atoms with Gasteiger partial charge in [-0.1, -0.05) is 59.6 Å². The maximum atomic E-state index is 11.1. The largest absolute Gasteiger partial charge is 1.00 e.